The molecule has 0 aliphatic heterocycles. The molecule has 31 heavy (non-hydrogen) atoms. The average Bonchev–Trinajstić information content (AvgIpc) is 2.72. The molecule has 0 saturated heterocycles. The molecule has 2 aromatic heterocycles. The van der Waals surface area contributed by atoms with E-state index in [-0.39, 0.29) is 22.8 Å². The molecule has 1 amide bonds. The van der Waals surface area contributed by atoms with Gasteiger partial charge in [0.15, 0.2) is 21.3 Å². The Kier molecular flexibility index (Phi) is 6.55. The monoisotopic (exact) mass is 456 g/mol. The molecule has 9 nitrogen and oxygen atoms in total. The third kappa shape index (κ3) is 5.08. The smallest absolute Gasteiger partial charge is 0.370 e. The lowest BCUT2D eigenvalue weighted by molar-refractivity contribution is -0.141. The Hall–Kier alpha value is -3.27. The van der Waals surface area contributed by atoms with Crippen molar-refractivity contribution in [1.82, 2.24) is 15.2 Å². The fourth-order valence-corrected chi connectivity index (χ4v) is 3.46. The van der Waals surface area contributed by atoms with Crippen LogP contribution in [0.3, 0.4) is 0 Å². The summed E-state index contributed by atoms with van der Waals surface area (Å²) in [5.74, 6) is -1.59. The highest BCUT2D eigenvalue weighted by molar-refractivity contribution is 7.91. The van der Waals surface area contributed by atoms with Gasteiger partial charge in [-0.1, -0.05) is 6.92 Å². The van der Waals surface area contributed by atoms with Gasteiger partial charge in [-0.3, -0.25) is 4.79 Å². The number of carbonyl (C=O) groups excluding carboxylic acids is 1. The second-order valence-electron chi connectivity index (χ2n) is 6.90. The zero-order valence-corrected chi connectivity index (χ0v) is 17.8. The molecule has 0 fully saturated rings. The van der Waals surface area contributed by atoms with Gasteiger partial charge in [0.1, 0.15) is 5.69 Å². The summed E-state index contributed by atoms with van der Waals surface area (Å²) in [6.45, 7) is 4.46. The number of alkyl halides is 3. The standard InChI is InChI=1S/C18H19F3N6O3S/c1-5-31(29,30)12-6-10(17(2,3)9-22)8-24-14(12)16(28)25-11-7-13(18(19,20)21)26-27-15(11)23-4/h6-8H,5H2,1-4H3,(H,23,27)(H,25,26,28). The van der Waals surface area contributed by atoms with E-state index in [0.717, 1.165) is 0 Å². The van der Waals surface area contributed by atoms with E-state index in [0.29, 0.717) is 6.07 Å². The lowest BCUT2D eigenvalue weighted by atomic mass is 9.87. The summed E-state index contributed by atoms with van der Waals surface area (Å²) in [5, 5.41) is 20.4. The minimum absolute atomic E-state index is 0.163. The van der Waals surface area contributed by atoms with Gasteiger partial charge in [0.25, 0.3) is 5.91 Å². The van der Waals surface area contributed by atoms with E-state index in [9.17, 15) is 31.6 Å². The number of aromatic nitrogens is 3. The fourth-order valence-electron chi connectivity index (χ4n) is 2.41. The molecule has 2 N–H and O–H groups in total. The largest absolute Gasteiger partial charge is 0.435 e. The highest BCUT2D eigenvalue weighted by atomic mass is 32.2. The first-order valence-electron chi connectivity index (χ1n) is 8.85. The van der Waals surface area contributed by atoms with Crippen molar-refractivity contribution in [3.05, 3.63) is 35.3 Å². The van der Waals surface area contributed by atoms with Crippen molar-refractivity contribution in [2.24, 2.45) is 0 Å². The number of anilines is 2. The molecule has 0 unspecified atom stereocenters. The van der Waals surface area contributed by atoms with Crippen LogP contribution in [-0.2, 0) is 21.4 Å². The Bertz CT molecular complexity index is 1160. The van der Waals surface area contributed by atoms with Gasteiger partial charge >= 0.3 is 6.18 Å². The minimum Gasteiger partial charge on any atom is -0.370 e. The third-order valence-electron chi connectivity index (χ3n) is 4.35. The first kappa shape index (κ1) is 24.0. The summed E-state index contributed by atoms with van der Waals surface area (Å²) in [7, 11) is -2.60. The zero-order valence-electron chi connectivity index (χ0n) is 17.0. The van der Waals surface area contributed by atoms with Crippen LogP contribution in [0.5, 0.6) is 0 Å². The van der Waals surface area contributed by atoms with Crippen molar-refractivity contribution in [3.8, 4) is 6.07 Å². The van der Waals surface area contributed by atoms with Crippen molar-refractivity contribution in [3.63, 3.8) is 0 Å². The van der Waals surface area contributed by atoms with Gasteiger partial charge in [-0.05, 0) is 31.5 Å². The second-order valence-corrected chi connectivity index (χ2v) is 9.15. The normalized spacial score (nSPS) is 12.2. The molecule has 166 valence electrons. The maximum Gasteiger partial charge on any atom is 0.435 e. The molecule has 0 aromatic carbocycles. The third-order valence-corrected chi connectivity index (χ3v) is 6.09. The molecule has 2 aromatic rings. The topological polar surface area (TPSA) is 138 Å². The Morgan fingerprint density at radius 2 is 1.87 bits per heavy atom. The molecule has 0 aliphatic rings. The van der Waals surface area contributed by atoms with Crippen LogP contribution < -0.4 is 10.6 Å². The number of sulfone groups is 1. The zero-order chi connectivity index (χ0) is 23.6. The van der Waals surface area contributed by atoms with E-state index in [1.807, 2.05) is 6.07 Å². The molecular weight excluding hydrogens is 437 g/mol. The van der Waals surface area contributed by atoms with Crippen molar-refractivity contribution in [1.29, 1.82) is 5.26 Å². The van der Waals surface area contributed by atoms with Crippen molar-refractivity contribution >= 4 is 27.2 Å². The van der Waals surface area contributed by atoms with Crippen LogP contribution >= 0.6 is 0 Å². The number of halogens is 3. The van der Waals surface area contributed by atoms with Crippen LogP contribution in [0.2, 0.25) is 0 Å². The Morgan fingerprint density at radius 3 is 2.39 bits per heavy atom. The summed E-state index contributed by atoms with van der Waals surface area (Å²) >= 11 is 0. The molecule has 0 spiro atoms. The van der Waals surface area contributed by atoms with E-state index in [1.54, 1.807) is 13.8 Å². The van der Waals surface area contributed by atoms with Gasteiger partial charge in [0, 0.05) is 13.2 Å². The first-order chi connectivity index (χ1) is 14.3. The summed E-state index contributed by atoms with van der Waals surface area (Å²) in [4.78, 5) is 16.3. The van der Waals surface area contributed by atoms with E-state index in [4.69, 9.17) is 0 Å². The van der Waals surface area contributed by atoms with Crippen molar-refractivity contribution in [2.75, 3.05) is 23.4 Å². The van der Waals surface area contributed by atoms with Gasteiger partial charge in [-0.2, -0.15) is 18.4 Å². The summed E-state index contributed by atoms with van der Waals surface area (Å²) in [6.07, 6.45) is -3.63. The molecule has 0 atom stereocenters. The number of nitriles is 1. The van der Waals surface area contributed by atoms with Crippen molar-refractivity contribution in [2.45, 2.75) is 37.3 Å². The minimum atomic E-state index is -4.81. The quantitative estimate of drug-likeness (QED) is 0.677. The Morgan fingerprint density at radius 1 is 1.23 bits per heavy atom. The summed E-state index contributed by atoms with van der Waals surface area (Å²) in [6, 6.07) is 3.76. The number of nitrogens with zero attached hydrogens (tertiary/aromatic N) is 4. The molecule has 2 heterocycles. The molecule has 0 bridgehead atoms. The second kappa shape index (κ2) is 8.46. The maximum atomic E-state index is 13.0. The van der Waals surface area contributed by atoms with Crippen LogP contribution in [0, 0.1) is 11.3 Å². The average molecular weight is 456 g/mol. The predicted molar refractivity (Wildman–Crippen MR) is 105 cm³/mol. The number of hydrogen-bond acceptors (Lipinski definition) is 8. The predicted octanol–water partition coefficient (Wildman–Crippen LogP) is 2.78. The van der Waals surface area contributed by atoms with Crippen molar-refractivity contribution < 1.29 is 26.4 Å². The van der Waals surface area contributed by atoms with E-state index >= 15 is 0 Å². The number of amides is 1. The van der Waals surface area contributed by atoms with E-state index < -0.39 is 43.6 Å². The van der Waals surface area contributed by atoms with Gasteiger partial charge in [0.05, 0.1) is 27.8 Å². The van der Waals surface area contributed by atoms with E-state index in [1.165, 1.54) is 26.2 Å². The highest BCUT2D eigenvalue weighted by Gasteiger charge is 2.34. The van der Waals surface area contributed by atoms with Crippen LogP contribution in [0.1, 0.15) is 42.5 Å². The van der Waals surface area contributed by atoms with Crippen LogP contribution in [0.15, 0.2) is 23.2 Å². The van der Waals surface area contributed by atoms with Crippen LogP contribution in [-0.4, -0.2) is 42.3 Å². The molecule has 0 radical (unpaired) electrons. The number of nitrogens with one attached hydrogen (secondary N) is 2. The lowest BCUT2D eigenvalue weighted by Gasteiger charge is -2.18. The summed E-state index contributed by atoms with van der Waals surface area (Å²) < 4.78 is 64.0. The van der Waals surface area contributed by atoms with Gasteiger partial charge in [-0.15, -0.1) is 10.2 Å². The first-order valence-corrected chi connectivity index (χ1v) is 10.5. The number of carbonyl (C=O) groups is 1. The molecule has 0 aliphatic carbocycles. The van der Waals surface area contributed by atoms with E-state index in [2.05, 4.69) is 25.8 Å². The molecule has 0 saturated carbocycles. The van der Waals surface area contributed by atoms with Gasteiger partial charge in [-0.25, -0.2) is 13.4 Å². The van der Waals surface area contributed by atoms with Crippen LogP contribution in [0.25, 0.3) is 0 Å². The summed E-state index contributed by atoms with van der Waals surface area (Å²) in [5.41, 5.74) is -3.05. The van der Waals surface area contributed by atoms with Gasteiger partial charge in [0.2, 0.25) is 0 Å². The number of hydrogen-bond donors (Lipinski definition) is 2. The highest BCUT2D eigenvalue weighted by Crippen LogP contribution is 2.31. The number of pyridine rings is 1. The number of rotatable bonds is 6. The Balaban J connectivity index is 2.59. The molecule has 13 heteroatoms. The SMILES string of the molecule is CCS(=O)(=O)c1cc(C(C)(C)C#N)cnc1C(=O)Nc1cc(C(F)(F)F)nnc1NC. The molecule has 2 rings (SSSR count). The van der Waals surface area contributed by atoms with Gasteiger partial charge < -0.3 is 10.6 Å². The molecular formula is C18H19F3N6O3S. The van der Waals surface area contributed by atoms with Crippen LogP contribution in [0.4, 0.5) is 24.7 Å². The maximum absolute atomic E-state index is 13.0. The Labute approximate surface area is 176 Å². The lowest BCUT2D eigenvalue weighted by Crippen LogP contribution is -2.23. The fraction of sp³-hybridized carbons (Fsp3) is 0.389.